The van der Waals surface area contributed by atoms with Crippen LogP contribution in [0.2, 0.25) is 0 Å². The molecule has 4 nitrogen and oxygen atoms in total. The quantitative estimate of drug-likeness (QED) is 0.612. The Bertz CT molecular complexity index is 392. The molecule has 1 aliphatic heterocycles. The zero-order valence-electron chi connectivity index (χ0n) is 10.5. The number of nitrogens with zero attached hydrogens (tertiary/aromatic N) is 1. The maximum absolute atomic E-state index is 11.6. The molecule has 0 bridgehead atoms. The first-order valence-corrected chi connectivity index (χ1v) is 5.82. The second-order valence-electron chi connectivity index (χ2n) is 5.52. The monoisotopic (exact) mass is 255 g/mol. The molecule has 1 aliphatic rings. The zero-order valence-corrected chi connectivity index (χ0v) is 11.4. The molecule has 0 aromatic heterocycles. The molecule has 0 radical (unpaired) electrons. The fourth-order valence-corrected chi connectivity index (χ4v) is 2.31. The van der Waals surface area contributed by atoms with Gasteiger partial charge in [-0.15, -0.1) is 12.6 Å². The van der Waals surface area contributed by atoms with Gasteiger partial charge in [0.1, 0.15) is 0 Å². The van der Waals surface area contributed by atoms with E-state index in [0.717, 1.165) is 0 Å². The van der Waals surface area contributed by atoms with E-state index in [4.69, 9.17) is 0 Å². The molecule has 0 aliphatic carbocycles. The second-order valence-corrected chi connectivity index (χ2v) is 5.93. The molecule has 2 amide bonds. The molecule has 0 fully saturated rings. The first-order chi connectivity index (χ1) is 7.58. The van der Waals surface area contributed by atoms with Crippen LogP contribution in [0.4, 0.5) is 0 Å². The molecule has 17 heavy (non-hydrogen) atoms. The molecule has 0 unspecified atom stereocenters. The molecule has 0 saturated heterocycles. The van der Waals surface area contributed by atoms with E-state index in [1.165, 1.54) is 17.1 Å². The van der Waals surface area contributed by atoms with Crippen molar-refractivity contribution < 1.29 is 14.4 Å². The minimum Gasteiger partial charge on any atom is -0.287 e. The first kappa shape index (κ1) is 14.0. The van der Waals surface area contributed by atoms with Crippen LogP contribution in [0, 0.1) is 5.41 Å². The Kier molecular flexibility index (Phi) is 3.52. The lowest BCUT2D eigenvalue weighted by Crippen LogP contribution is -2.50. The Morgan fingerprint density at radius 3 is 1.94 bits per heavy atom. The van der Waals surface area contributed by atoms with Crippen LogP contribution >= 0.6 is 12.6 Å². The fourth-order valence-electron chi connectivity index (χ4n) is 2.23. The fraction of sp³-hybridized carbons (Fsp3) is 0.583. The maximum atomic E-state index is 11.6. The van der Waals surface area contributed by atoms with Gasteiger partial charge in [0, 0.05) is 23.1 Å². The van der Waals surface area contributed by atoms with Crippen LogP contribution in [0.25, 0.3) is 0 Å². The normalized spacial score (nSPS) is 16.9. The molecule has 5 heteroatoms. The molecule has 1 heterocycles. The van der Waals surface area contributed by atoms with Crippen LogP contribution in [0.3, 0.4) is 0 Å². The smallest absolute Gasteiger partial charge is 0.254 e. The Hall–Kier alpha value is -1.10. The van der Waals surface area contributed by atoms with Gasteiger partial charge in [-0.1, -0.05) is 13.8 Å². The summed E-state index contributed by atoms with van der Waals surface area (Å²) in [6.07, 6.45) is 2.88. The van der Waals surface area contributed by atoms with E-state index in [0.29, 0.717) is 6.42 Å². The number of rotatable bonds is 4. The summed E-state index contributed by atoms with van der Waals surface area (Å²) in [5, 5.41) is -0.252. The number of carbonyl (C=O) groups is 3. The van der Waals surface area contributed by atoms with Crippen molar-refractivity contribution in [2.45, 2.75) is 39.7 Å². The standard InChI is InChI=1S/C12H17NO3S/c1-11(2,10(16)17)7-12(3,4)13-8(14)5-6-9(13)15/h5-6H,7H2,1-4H3,(H,16,17). The predicted molar refractivity (Wildman–Crippen MR) is 67.5 cm³/mol. The summed E-state index contributed by atoms with van der Waals surface area (Å²) < 4.78 is 0. The largest absolute Gasteiger partial charge is 0.287 e. The molecular formula is C12H17NO3S. The van der Waals surface area contributed by atoms with Crippen LogP contribution in [-0.4, -0.2) is 27.4 Å². The third kappa shape index (κ3) is 2.77. The van der Waals surface area contributed by atoms with Crippen LogP contribution < -0.4 is 0 Å². The molecule has 94 valence electrons. The van der Waals surface area contributed by atoms with E-state index in [9.17, 15) is 14.4 Å². The van der Waals surface area contributed by atoms with Gasteiger partial charge in [-0.3, -0.25) is 19.3 Å². The minimum absolute atomic E-state index is 0.252. The molecule has 0 atom stereocenters. The summed E-state index contributed by atoms with van der Waals surface area (Å²) in [6.45, 7) is 7.05. The van der Waals surface area contributed by atoms with Crippen molar-refractivity contribution in [3.63, 3.8) is 0 Å². The number of imide groups is 1. The van der Waals surface area contributed by atoms with Crippen LogP contribution in [0.1, 0.15) is 34.1 Å². The van der Waals surface area contributed by atoms with E-state index in [2.05, 4.69) is 12.6 Å². The molecular weight excluding hydrogens is 238 g/mol. The van der Waals surface area contributed by atoms with Gasteiger partial charge in [-0.2, -0.15) is 0 Å². The van der Waals surface area contributed by atoms with Gasteiger partial charge in [0.15, 0.2) is 5.12 Å². The van der Waals surface area contributed by atoms with Gasteiger partial charge in [-0.05, 0) is 20.3 Å². The second kappa shape index (κ2) is 4.29. The lowest BCUT2D eigenvalue weighted by Gasteiger charge is -2.38. The third-order valence-electron chi connectivity index (χ3n) is 2.87. The van der Waals surface area contributed by atoms with Gasteiger partial charge >= 0.3 is 0 Å². The first-order valence-electron chi connectivity index (χ1n) is 5.37. The maximum Gasteiger partial charge on any atom is 0.254 e. The summed E-state index contributed by atoms with van der Waals surface area (Å²) in [6, 6.07) is 0. The highest BCUT2D eigenvalue weighted by atomic mass is 32.1. The Balaban J connectivity index is 2.93. The van der Waals surface area contributed by atoms with Crippen LogP contribution in [0.5, 0.6) is 0 Å². The van der Waals surface area contributed by atoms with Gasteiger partial charge in [0.25, 0.3) is 11.8 Å². The third-order valence-corrected chi connectivity index (χ3v) is 3.47. The average molecular weight is 255 g/mol. The highest BCUT2D eigenvalue weighted by molar-refractivity contribution is 7.96. The predicted octanol–water partition coefficient (Wildman–Crippen LogP) is 1.56. The van der Waals surface area contributed by atoms with E-state index in [1.54, 1.807) is 27.7 Å². The van der Waals surface area contributed by atoms with Gasteiger partial charge in [-0.25, -0.2) is 0 Å². The Labute approximate surface area is 106 Å². The van der Waals surface area contributed by atoms with E-state index in [-0.39, 0.29) is 16.9 Å². The Morgan fingerprint density at radius 1 is 1.18 bits per heavy atom. The van der Waals surface area contributed by atoms with E-state index in [1.807, 2.05) is 0 Å². The number of hydrogen-bond acceptors (Lipinski definition) is 3. The number of thiol groups is 1. The van der Waals surface area contributed by atoms with E-state index < -0.39 is 11.0 Å². The summed E-state index contributed by atoms with van der Waals surface area (Å²) >= 11 is 3.84. The number of hydrogen-bond donors (Lipinski definition) is 1. The zero-order chi connectivity index (χ0) is 13.4. The lowest BCUT2D eigenvalue weighted by atomic mass is 9.80. The molecule has 0 spiro atoms. The Morgan fingerprint density at radius 2 is 1.59 bits per heavy atom. The highest BCUT2D eigenvalue weighted by Gasteiger charge is 2.42. The number of carbonyl (C=O) groups excluding carboxylic acids is 3. The van der Waals surface area contributed by atoms with Crippen molar-refractivity contribution in [3.05, 3.63) is 12.2 Å². The van der Waals surface area contributed by atoms with Crippen molar-refractivity contribution in [2.24, 2.45) is 5.41 Å². The molecule has 0 aromatic carbocycles. The summed E-state index contributed by atoms with van der Waals surface area (Å²) in [5.41, 5.74) is -1.39. The number of amides is 2. The average Bonchev–Trinajstić information content (AvgIpc) is 2.44. The van der Waals surface area contributed by atoms with Crippen molar-refractivity contribution in [1.82, 2.24) is 4.90 Å². The van der Waals surface area contributed by atoms with Crippen LogP contribution in [-0.2, 0) is 14.4 Å². The van der Waals surface area contributed by atoms with Gasteiger partial charge in [0.05, 0.1) is 0 Å². The van der Waals surface area contributed by atoms with Gasteiger partial charge < -0.3 is 0 Å². The van der Waals surface area contributed by atoms with Crippen molar-refractivity contribution in [1.29, 1.82) is 0 Å². The molecule has 0 aromatic rings. The van der Waals surface area contributed by atoms with Crippen LogP contribution in [0.15, 0.2) is 12.2 Å². The summed E-state index contributed by atoms with van der Waals surface area (Å²) in [4.78, 5) is 35.8. The molecule has 0 saturated carbocycles. The van der Waals surface area contributed by atoms with Gasteiger partial charge in [0.2, 0.25) is 0 Å². The molecule has 0 N–H and O–H groups in total. The van der Waals surface area contributed by atoms with Crippen molar-refractivity contribution in [3.8, 4) is 0 Å². The molecule has 1 rings (SSSR count). The minimum atomic E-state index is -0.709. The lowest BCUT2D eigenvalue weighted by molar-refractivity contribution is -0.144. The van der Waals surface area contributed by atoms with Crippen molar-refractivity contribution in [2.75, 3.05) is 0 Å². The van der Waals surface area contributed by atoms with E-state index >= 15 is 0 Å². The SMILES string of the molecule is CC(C)(CC(C)(C)N1C(=O)C=CC1=O)C(=O)S. The van der Waals surface area contributed by atoms with Crippen molar-refractivity contribution >= 4 is 29.6 Å². The summed E-state index contributed by atoms with van der Waals surface area (Å²) in [5.74, 6) is -0.662. The topological polar surface area (TPSA) is 54.5 Å². The highest BCUT2D eigenvalue weighted by Crippen LogP contribution is 2.34. The summed E-state index contributed by atoms with van der Waals surface area (Å²) in [7, 11) is 0.